The lowest BCUT2D eigenvalue weighted by Crippen LogP contribution is -2.03. The van der Waals surface area contributed by atoms with E-state index in [4.69, 9.17) is 5.11 Å². The van der Waals surface area contributed by atoms with E-state index in [0.29, 0.717) is 11.5 Å². The lowest BCUT2D eigenvalue weighted by atomic mass is 10.3. The van der Waals surface area contributed by atoms with Gasteiger partial charge in [-0.15, -0.1) is 0 Å². The predicted octanol–water partition coefficient (Wildman–Crippen LogP) is 2.48. The number of anilines is 2. The van der Waals surface area contributed by atoms with Crippen LogP contribution in [-0.4, -0.2) is 25.7 Å². The molecule has 6 heteroatoms. The van der Waals surface area contributed by atoms with Crippen LogP contribution in [0.3, 0.4) is 0 Å². The van der Waals surface area contributed by atoms with Crippen molar-refractivity contribution in [1.82, 2.24) is 14.6 Å². The third-order valence-electron chi connectivity index (χ3n) is 2.82. The zero-order valence-electron chi connectivity index (χ0n) is 10.7. The SMILES string of the molecule is Cc1cc(Nc2ccccc2)n2nc(C(=O)O)cc2n1. The number of nitrogens with zero attached hydrogens (tertiary/aromatic N) is 3. The van der Waals surface area contributed by atoms with E-state index in [1.807, 2.05) is 43.3 Å². The number of hydrogen-bond acceptors (Lipinski definition) is 4. The van der Waals surface area contributed by atoms with Crippen molar-refractivity contribution < 1.29 is 9.90 Å². The van der Waals surface area contributed by atoms with E-state index in [9.17, 15) is 4.79 Å². The quantitative estimate of drug-likeness (QED) is 0.762. The van der Waals surface area contributed by atoms with Gasteiger partial charge >= 0.3 is 5.97 Å². The van der Waals surface area contributed by atoms with Crippen LogP contribution in [0.15, 0.2) is 42.5 Å². The molecule has 0 aliphatic carbocycles. The second-order valence-corrected chi connectivity index (χ2v) is 4.38. The van der Waals surface area contributed by atoms with Crippen LogP contribution in [0.5, 0.6) is 0 Å². The number of aromatic nitrogens is 3. The van der Waals surface area contributed by atoms with Gasteiger partial charge in [-0.1, -0.05) is 18.2 Å². The number of aromatic carboxylic acids is 1. The van der Waals surface area contributed by atoms with Crippen molar-refractivity contribution in [2.75, 3.05) is 5.32 Å². The summed E-state index contributed by atoms with van der Waals surface area (Å²) in [7, 11) is 0. The Hall–Kier alpha value is -2.89. The number of benzene rings is 1. The molecule has 1 aromatic carbocycles. The summed E-state index contributed by atoms with van der Waals surface area (Å²) in [6, 6.07) is 12.9. The van der Waals surface area contributed by atoms with Gasteiger partial charge in [0.1, 0.15) is 5.82 Å². The second kappa shape index (κ2) is 4.65. The Kier molecular flexibility index (Phi) is 2.83. The van der Waals surface area contributed by atoms with Crippen LogP contribution in [0, 0.1) is 6.92 Å². The van der Waals surface area contributed by atoms with Gasteiger partial charge in [-0.25, -0.2) is 9.78 Å². The fourth-order valence-corrected chi connectivity index (χ4v) is 1.96. The molecule has 0 bridgehead atoms. The highest BCUT2D eigenvalue weighted by Gasteiger charge is 2.12. The number of carboxylic acid groups (broad SMARTS) is 1. The van der Waals surface area contributed by atoms with E-state index in [0.717, 1.165) is 11.4 Å². The molecule has 2 aromatic heterocycles. The van der Waals surface area contributed by atoms with E-state index in [-0.39, 0.29) is 5.69 Å². The van der Waals surface area contributed by atoms with E-state index in [2.05, 4.69) is 15.4 Å². The van der Waals surface area contributed by atoms with Gasteiger partial charge in [0.05, 0.1) is 0 Å². The lowest BCUT2D eigenvalue weighted by molar-refractivity contribution is 0.0690. The van der Waals surface area contributed by atoms with Crippen molar-refractivity contribution in [3.05, 3.63) is 53.9 Å². The average Bonchev–Trinajstić information content (AvgIpc) is 2.84. The molecular formula is C14H12N4O2. The van der Waals surface area contributed by atoms with E-state index < -0.39 is 5.97 Å². The molecule has 0 fully saturated rings. The largest absolute Gasteiger partial charge is 0.476 e. The Morgan fingerprint density at radius 3 is 2.70 bits per heavy atom. The standard InChI is InChI=1S/C14H12N4O2/c1-9-7-12(16-10-5-3-2-4-6-10)18-13(15-9)8-11(17-18)14(19)20/h2-8,16H,1H3,(H,19,20). The fourth-order valence-electron chi connectivity index (χ4n) is 1.96. The molecule has 20 heavy (non-hydrogen) atoms. The number of nitrogens with one attached hydrogen (secondary N) is 1. The number of para-hydroxylation sites is 1. The van der Waals surface area contributed by atoms with Gasteiger partial charge in [0.15, 0.2) is 11.3 Å². The average molecular weight is 268 g/mol. The van der Waals surface area contributed by atoms with E-state index in [1.165, 1.54) is 10.6 Å². The molecule has 0 saturated carbocycles. The Labute approximate surface area is 114 Å². The fraction of sp³-hybridized carbons (Fsp3) is 0.0714. The first kappa shape index (κ1) is 12.2. The minimum Gasteiger partial charge on any atom is -0.476 e. The molecule has 0 atom stereocenters. The van der Waals surface area contributed by atoms with Crippen molar-refractivity contribution in [1.29, 1.82) is 0 Å². The van der Waals surface area contributed by atoms with E-state index >= 15 is 0 Å². The normalized spacial score (nSPS) is 10.7. The molecule has 0 spiro atoms. The van der Waals surface area contributed by atoms with Gasteiger partial charge in [-0.2, -0.15) is 9.61 Å². The van der Waals surface area contributed by atoms with Crippen molar-refractivity contribution in [2.45, 2.75) is 6.92 Å². The summed E-state index contributed by atoms with van der Waals surface area (Å²) >= 11 is 0. The molecule has 0 saturated heterocycles. The molecule has 3 rings (SSSR count). The van der Waals surface area contributed by atoms with Crippen molar-refractivity contribution in [2.24, 2.45) is 0 Å². The first-order valence-electron chi connectivity index (χ1n) is 6.06. The van der Waals surface area contributed by atoms with Crippen molar-refractivity contribution in [3.8, 4) is 0 Å². The van der Waals surface area contributed by atoms with Crippen LogP contribution < -0.4 is 5.32 Å². The Bertz CT molecular complexity index is 780. The van der Waals surface area contributed by atoms with E-state index in [1.54, 1.807) is 0 Å². The van der Waals surface area contributed by atoms with Crippen molar-refractivity contribution >= 4 is 23.1 Å². The molecule has 0 aliphatic rings. The maximum Gasteiger partial charge on any atom is 0.356 e. The molecule has 100 valence electrons. The highest BCUT2D eigenvalue weighted by atomic mass is 16.4. The summed E-state index contributed by atoms with van der Waals surface area (Å²) < 4.78 is 1.49. The first-order chi connectivity index (χ1) is 9.63. The van der Waals surface area contributed by atoms with Crippen LogP contribution in [0.1, 0.15) is 16.2 Å². The molecular weight excluding hydrogens is 256 g/mol. The maximum atomic E-state index is 11.0. The molecule has 2 N–H and O–H groups in total. The van der Waals surface area contributed by atoms with Crippen LogP contribution in [-0.2, 0) is 0 Å². The van der Waals surface area contributed by atoms with Crippen LogP contribution >= 0.6 is 0 Å². The molecule has 6 nitrogen and oxygen atoms in total. The number of fused-ring (bicyclic) bond motifs is 1. The monoisotopic (exact) mass is 268 g/mol. The number of carbonyl (C=O) groups is 1. The second-order valence-electron chi connectivity index (χ2n) is 4.38. The summed E-state index contributed by atoms with van der Waals surface area (Å²) in [6.07, 6.45) is 0. The topological polar surface area (TPSA) is 79.5 Å². The summed E-state index contributed by atoms with van der Waals surface area (Å²) in [4.78, 5) is 15.3. The van der Waals surface area contributed by atoms with Crippen LogP contribution in [0.4, 0.5) is 11.5 Å². The summed E-state index contributed by atoms with van der Waals surface area (Å²) in [6.45, 7) is 1.85. The lowest BCUT2D eigenvalue weighted by Gasteiger charge is -2.08. The summed E-state index contributed by atoms with van der Waals surface area (Å²) in [5.74, 6) is -0.398. The third kappa shape index (κ3) is 2.18. The van der Waals surface area contributed by atoms with Crippen LogP contribution in [0.25, 0.3) is 5.65 Å². The predicted molar refractivity (Wildman–Crippen MR) is 74.4 cm³/mol. The highest BCUT2D eigenvalue weighted by Crippen LogP contribution is 2.18. The van der Waals surface area contributed by atoms with Gasteiger partial charge in [0.25, 0.3) is 0 Å². The smallest absolute Gasteiger partial charge is 0.356 e. The molecule has 0 aliphatic heterocycles. The minimum atomic E-state index is -1.07. The molecule has 2 heterocycles. The minimum absolute atomic E-state index is 0.0285. The Morgan fingerprint density at radius 1 is 1.25 bits per heavy atom. The first-order valence-corrected chi connectivity index (χ1v) is 6.06. The zero-order valence-corrected chi connectivity index (χ0v) is 10.7. The third-order valence-corrected chi connectivity index (χ3v) is 2.82. The summed E-state index contributed by atoms with van der Waals surface area (Å²) in [5.41, 5.74) is 2.15. The number of rotatable bonds is 3. The van der Waals surface area contributed by atoms with Crippen molar-refractivity contribution in [3.63, 3.8) is 0 Å². The Balaban J connectivity index is 2.11. The summed E-state index contributed by atoms with van der Waals surface area (Å²) in [5, 5.41) is 16.3. The number of carboxylic acids is 1. The molecule has 3 aromatic rings. The molecule has 0 unspecified atom stereocenters. The zero-order chi connectivity index (χ0) is 14.1. The van der Waals surface area contributed by atoms with Gasteiger partial charge in [-0.05, 0) is 19.1 Å². The Morgan fingerprint density at radius 2 is 2.00 bits per heavy atom. The van der Waals surface area contributed by atoms with Gasteiger partial charge in [0, 0.05) is 23.5 Å². The van der Waals surface area contributed by atoms with Gasteiger partial charge in [0.2, 0.25) is 0 Å². The number of aryl methyl sites for hydroxylation is 1. The highest BCUT2D eigenvalue weighted by molar-refractivity contribution is 5.86. The molecule has 0 radical (unpaired) electrons. The number of hydrogen-bond donors (Lipinski definition) is 2. The maximum absolute atomic E-state index is 11.0. The molecule has 0 amide bonds. The van der Waals surface area contributed by atoms with Gasteiger partial charge in [-0.3, -0.25) is 0 Å². The van der Waals surface area contributed by atoms with Gasteiger partial charge < -0.3 is 10.4 Å². The van der Waals surface area contributed by atoms with Crippen LogP contribution in [0.2, 0.25) is 0 Å².